The molecule has 0 aliphatic carbocycles. The first-order valence-corrected chi connectivity index (χ1v) is 7.97. The van der Waals surface area contributed by atoms with Gasteiger partial charge in [0.2, 0.25) is 0 Å². The summed E-state index contributed by atoms with van der Waals surface area (Å²) < 4.78 is 2.69. The highest BCUT2D eigenvalue weighted by Gasteiger charge is 2.21. The van der Waals surface area contributed by atoms with E-state index in [1.54, 1.807) is 17.1 Å². The fourth-order valence-electron chi connectivity index (χ4n) is 2.17. The van der Waals surface area contributed by atoms with E-state index >= 15 is 0 Å². The molecule has 6 nitrogen and oxygen atoms in total. The van der Waals surface area contributed by atoms with Crippen molar-refractivity contribution in [3.05, 3.63) is 47.0 Å². The molecule has 0 atom stereocenters. The Hall–Kier alpha value is -2.15. The Morgan fingerprint density at radius 2 is 1.96 bits per heavy atom. The van der Waals surface area contributed by atoms with Gasteiger partial charge >= 0.3 is 5.97 Å². The van der Waals surface area contributed by atoms with Crippen LogP contribution in [0, 0.1) is 5.92 Å². The molecule has 1 amide bonds. The highest BCUT2D eigenvalue weighted by molar-refractivity contribution is 9.10. The monoisotopic (exact) mass is 379 g/mol. The van der Waals surface area contributed by atoms with Gasteiger partial charge < -0.3 is 14.6 Å². The van der Waals surface area contributed by atoms with Crippen LogP contribution in [0.3, 0.4) is 0 Å². The molecule has 0 spiro atoms. The molecule has 1 aromatic heterocycles. The summed E-state index contributed by atoms with van der Waals surface area (Å²) in [6.07, 6.45) is 3.16. The molecule has 0 saturated carbocycles. The zero-order valence-corrected chi connectivity index (χ0v) is 14.5. The Labute approximate surface area is 142 Å². The van der Waals surface area contributed by atoms with Crippen molar-refractivity contribution < 1.29 is 14.7 Å². The van der Waals surface area contributed by atoms with Gasteiger partial charge in [-0.2, -0.15) is 0 Å². The first-order valence-electron chi connectivity index (χ1n) is 7.18. The van der Waals surface area contributed by atoms with Crippen LogP contribution in [0.1, 0.15) is 24.3 Å². The third-order valence-corrected chi connectivity index (χ3v) is 3.65. The van der Waals surface area contributed by atoms with Gasteiger partial charge in [-0.05, 0) is 30.2 Å². The number of aliphatic carboxylic acids is 1. The van der Waals surface area contributed by atoms with Gasteiger partial charge in [0.05, 0.1) is 0 Å². The lowest BCUT2D eigenvalue weighted by molar-refractivity contribution is -0.137. The largest absolute Gasteiger partial charge is 0.480 e. The number of imidazole rings is 1. The number of carbonyl (C=O) groups is 2. The van der Waals surface area contributed by atoms with Gasteiger partial charge in [0.15, 0.2) is 0 Å². The number of aromatic nitrogens is 2. The highest BCUT2D eigenvalue weighted by atomic mass is 79.9. The summed E-state index contributed by atoms with van der Waals surface area (Å²) in [6, 6.07) is 7.57. The molecule has 0 saturated heterocycles. The van der Waals surface area contributed by atoms with E-state index in [1.165, 1.54) is 4.90 Å². The fourth-order valence-corrected chi connectivity index (χ4v) is 2.44. The number of carbonyl (C=O) groups excluding carboxylic acids is 1. The van der Waals surface area contributed by atoms with Gasteiger partial charge in [-0.1, -0.05) is 29.8 Å². The minimum absolute atomic E-state index is 0.173. The Kier molecular flexibility index (Phi) is 5.54. The van der Waals surface area contributed by atoms with E-state index in [4.69, 9.17) is 5.11 Å². The van der Waals surface area contributed by atoms with Crippen molar-refractivity contribution >= 4 is 27.8 Å². The maximum absolute atomic E-state index is 12.5. The van der Waals surface area contributed by atoms with Gasteiger partial charge in [0.1, 0.15) is 18.6 Å². The summed E-state index contributed by atoms with van der Waals surface area (Å²) in [5.74, 6) is -1.24. The van der Waals surface area contributed by atoms with E-state index < -0.39 is 5.97 Å². The molecule has 0 fully saturated rings. The number of carboxylic acids is 1. The topological polar surface area (TPSA) is 75.4 Å². The van der Waals surface area contributed by atoms with E-state index in [1.807, 2.05) is 38.1 Å². The molecule has 0 bridgehead atoms. The van der Waals surface area contributed by atoms with Crippen molar-refractivity contribution in [1.29, 1.82) is 0 Å². The van der Waals surface area contributed by atoms with Crippen LogP contribution in [0.2, 0.25) is 0 Å². The van der Waals surface area contributed by atoms with E-state index in [9.17, 15) is 9.59 Å². The maximum Gasteiger partial charge on any atom is 0.323 e. The molecule has 0 aliphatic rings. The summed E-state index contributed by atoms with van der Waals surface area (Å²) in [4.78, 5) is 28.9. The first-order chi connectivity index (χ1) is 10.9. The zero-order valence-electron chi connectivity index (χ0n) is 12.9. The smallest absolute Gasteiger partial charge is 0.323 e. The number of hydrogen-bond acceptors (Lipinski definition) is 3. The third-order valence-electron chi connectivity index (χ3n) is 3.13. The highest BCUT2D eigenvalue weighted by Crippen LogP contribution is 2.15. The average molecular weight is 380 g/mol. The van der Waals surface area contributed by atoms with Crippen LogP contribution in [0.5, 0.6) is 0 Å². The van der Waals surface area contributed by atoms with Crippen molar-refractivity contribution in [3.8, 4) is 5.69 Å². The van der Waals surface area contributed by atoms with Crippen LogP contribution in [-0.2, 0) is 4.79 Å². The normalized spacial score (nSPS) is 10.8. The summed E-state index contributed by atoms with van der Waals surface area (Å²) in [5.41, 5.74) is 1.10. The molecule has 1 N–H and O–H groups in total. The van der Waals surface area contributed by atoms with Crippen LogP contribution in [0.4, 0.5) is 0 Å². The second kappa shape index (κ2) is 7.41. The molecule has 0 aliphatic heterocycles. The second-order valence-electron chi connectivity index (χ2n) is 5.62. The summed E-state index contributed by atoms with van der Waals surface area (Å²) in [6.45, 7) is 3.91. The third kappa shape index (κ3) is 4.66. The Balaban J connectivity index is 2.21. The SMILES string of the molecule is CC(C)CN(CC(=O)O)C(=O)c1cn(-c2ccc(Br)cc2)cn1. The lowest BCUT2D eigenvalue weighted by Crippen LogP contribution is -2.38. The maximum atomic E-state index is 12.5. The summed E-state index contributed by atoms with van der Waals surface area (Å²) in [7, 11) is 0. The van der Waals surface area contributed by atoms with E-state index in [0.29, 0.717) is 6.54 Å². The van der Waals surface area contributed by atoms with Crippen LogP contribution in [-0.4, -0.2) is 44.5 Å². The van der Waals surface area contributed by atoms with E-state index in [-0.39, 0.29) is 24.1 Å². The predicted octanol–water partition coefficient (Wildman–Crippen LogP) is 2.82. The van der Waals surface area contributed by atoms with Crippen molar-refractivity contribution in [2.45, 2.75) is 13.8 Å². The van der Waals surface area contributed by atoms with Gasteiger partial charge in [0.25, 0.3) is 5.91 Å². The molecule has 2 aromatic rings. The number of rotatable bonds is 6. The van der Waals surface area contributed by atoms with Gasteiger partial charge in [-0.3, -0.25) is 9.59 Å². The molecule has 1 heterocycles. The standard InChI is InChI=1S/C16H18BrN3O3/c1-11(2)7-19(9-15(21)22)16(23)14-8-20(10-18-14)13-5-3-12(17)4-6-13/h3-6,8,10-11H,7,9H2,1-2H3,(H,21,22). The molecular formula is C16H18BrN3O3. The van der Waals surface area contributed by atoms with Crippen molar-refractivity contribution in [1.82, 2.24) is 14.5 Å². The first kappa shape index (κ1) is 17.2. The molecule has 1 aromatic carbocycles. The van der Waals surface area contributed by atoms with E-state index in [2.05, 4.69) is 20.9 Å². The number of halogens is 1. The molecule has 0 radical (unpaired) electrons. The predicted molar refractivity (Wildman–Crippen MR) is 89.6 cm³/mol. The number of hydrogen-bond donors (Lipinski definition) is 1. The minimum atomic E-state index is -1.04. The van der Waals surface area contributed by atoms with Crippen LogP contribution >= 0.6 is 15.9 Å². The van der Waals surface area contributed by atoms with E-state index in [0.717, 1.165) is 10.2 Å². The number of benzene rings is 1. The van der Waals surface area contributed by atoms with Crippen molar-refractivity contribution in [2.24, 2.45) is 5.92 Å². The van der Waals surface area contributed by atoms with Crippen molar-refractivity contribution in [3.63, 3.8) is 0 Å². The average Bonchev–Trinajstić information content (AvgIpc) is 2.95. The number of carboxylic acid groups (broad SMARTS) is 1. The van der Waals surface area contributed by atoms with Gasteiger partial charge in [-0.15, -0.1) is 0 Å². The van der Waals surface area contributed by atoms with Crippen LogP contribution < -0.4 is 0 Å². The molecule has 7 heteroatoms. The lowest BCUT2D eigenvalue weighted by Gasteiger charge is -2.21. The Morgan fingerprint density at radius 1 is 1.30 bits per heavy atom. The fraction of sp³-hybridized carbons (Fsp3) is 0.312. The minimum Gasteiger partial charge on any atom is -0.480 e. The van der Waals surface area contributed by atoms with Gasteiger partial charge in [-0.25, -0.2) is 4.98 Å². The van der Waals surface area contributed by atoms with Crippen LogP contribution in [0.15, 0.2) is 41.3 Å². The number of nitrogens with zero attached hydrogens (tertiary/aromatic N) is 3. The summed E-state index contributed by atoms with van der Waals surface area (Å²) in [5, 5.41) is 8.98. The molecular weight excluding hydrogens is 362 g/mol. The Bertz CT molecular complexity index is 695. The molecule has 122 valence electrons. The molecule has 2 rings (SSSR count). The van der Waals surface area contributed by atoms with Gasteiger partial charge in [0, 0.05) is 22.9 Å². The Morgan fingerprint density at radius 3 is 2.52 bits per heavy atom. The second-order valence-corrected chi connectivity index (χ2v) is 6.53. The molecule has 23 heavy (non-hydrogen) atoms. The van der Waals surface area contributed by atoms with Crippen molar-refractivity contribution in [2.75, 3.05) is 13.1 Å². The summed E-state index contributed by atoms with van der Waals surface area (Å²) >= 11 is 3.37. The molecule has 0 unspecified atom stereocenters. The van der Waals surface area contributed by atoms with Crippen LogP contribution in [0.25, 0.3) is 5.69 Å². The lowest BCUT2D eigenvalue weighted by atomic mass is 10.2. The quantitative estimate of drug-likeness (QED) is 0.836. The number of amides is 1. The zero-order chi connectivity index (χ0) is 17.0.